The summed E-state index contributed by atoms with van der Waals surface area (Å²) >= 11 is 0. The molecule has 6 N–H and O–H groups in total. The minimum Gasteiger partial charge on any atom is -0.503 e. The molecule has 5 nitrogen and oxygen atoms in total. The lowest BCUT2D eigenvalue weighted by Gasteiger charge is -2.03. The van der Waals surface area contributed by atoms with Gasteiger partial charge in [-0.2, -0.15) is 0 Å². The standard InChI is InChI=1S/C6H9N3O2/c1-2-3(7)5(8)9-6(11)4(2)10/h10H,7H2,1H3,(H3,8,9,11). The molecule has 0 aliphatic rings. The number of H-pyrrole nitrogens is 1. The van der Waals surface area contributed by atoms with E-state index in [-0.39, 0.29) is 17.3 Å². The van der Waals surface area contributed by atoms with Crippen molar-refractivity contribution in [1.29, 1.82) is 0 Å². The number of nitrogens with two attached hydrogens (primary N) is 2. The molecule has 0 atom stereocenters. The van der Waals surface area contributed by atoms with Gasteiger partial charge in [-0.25, -0.2) is 0 Å². The molecule has 0 radical (unpaired) electrons. The van der Waals surface area contributed by atoms with E-state index in [1.807, 2.05) is 0 Å². The number of pyridine rings is 1. The zero-order chi connectivity index (χ0) is 8.59. The molecule has 0 bridgehead atoms. The first kappa shape index (κ1) is 7.46. The van der Waals surface area contributed by atoms with Gasteiger partial charge in [0.05, 0.1) is 5.69 Å². The first-order chi connectivity index (χ1) is 5.04. The summed E-state index contributed by atoms with van der Waals surface area (Å²) in [4.78, 5) is 13.0. The smallest absolute Gasteiger partial charge is 0.292 e. The Labute approximate surface area is 62.7 Å². The van der Waals surface area contributed by atoms with Crippen molar-refractivity contribution >= 4 is 11.5 Å². The van der Waals surface area contributed by atoms with Crippen molar-refractivity contribution in [2.24, 2.45) is 0 Å². The molecule has 0 saturated heterocycles. The summed E-state index contributed by atoms with van der Waals surface area (Å²) in [6.45, 7) is 1.52. The predicted molar refractivity (Wildman–Crippen MR) is 42.3 cm³/mol. The number of aromatic hydroxyl groups is 1. The van der Waals surface area contributed by atoms with Crippen LogP contribution in [0.15, 0.2) is 4.79 Å². The van der Waals surface area contributed by atoms with Crippen molar-refractivity contribution in [2.45, 2.75) is 6.92 Å². The molecule has 1 aromatic rings. The monoisotopic (exact) mass is 155 g/mol. The maximum atomic E-state index is 10.8. The van der Waals surface area contributed by atoms with E-state index < -0.39 is 5.56 Å². The van der Waals surface area contributed by atoms with Crippen LogP contribution in [0.5, 0.6) is 5.75 Å². The minimum atomic E-state index is -0.616. The van der Waals surface area contributed by atoms with Crippen molar-refractivity contribution in [2.75, 3.05) is 11.5 Å². The molecule has 1 heterocycles. The minimum absolute atomic E-state index is 0.0882. The molecular weight excluding hydrogens is 146 g/mol. The number of nitrogens with one attached hydrogen (secondary N) is 1. The van der Waals surface area contributed by atoms with Crippen molar-refractivity contribution in [3.8, 4) is 5.75 Å². The topological polar surface area (TPSA) is 105 Å². The van der Waals surface area contributed by atoms with Crippen LogP contribution in [0.25, 0.3) is 0 Å². The van der Waals surface area contributed by atoms with E-state index >= 15 is 0 Å². The van der Waals surface area contributed by atoms with E-state index in [1.54, 1.807) is 0 Å². The van der Waals surface area contributed by atoms with Gasteiger partial charge in [0.25, 0.3) is 5.56 Å². The van der Waals surface area contributed by atoms with E-state index in [0.29, 0.717) is 5.56 Å². The van der Waals surface area contributed by atoms with Gasteiger partial charge in [0, 0.05) is 5.56 Å². The molecule has 0 unspecified atom stereocenters. The van der Waals surface area contributed by atoms with Crippen LogP contribution in [0, 0.1) is 6.92 Å². The lowest BCUT2D eigenvalue weighted by molar-refractivity contribution is 0.463. The van der Waals surface area contributed by atoms with Crippen LogP contribution in [0.1, 0.15) is 5.56 Å². The van der Waals surface area contributed by atoms with Crippen LogP contribution in [0.2, 0.25) is 0 Å². The van der Waals surface area contributed by atoms with Crippen LogP contribution in [0.3, 0.4) is 0 Å². The Balaban J connectivity index is 3.59. The van der Waals surface area contributed by atoms with Crippen LogP contribution >= 0.6 is 0 Å². The summed E-state index contributed by atoms with van der Waals surface area (Å²) in [5, 5.41) is 9.03. The first-order valence-electron chi connectivity index (χ1n) is 3.01. The molecule has 0 spiro atoms. The summed E-state index contributed by atoms with van der Waals surface area (Å²) in [5.74, 6) is -0.290. The summed E-state index contributed by atoms with van der Waals surface area (Å²) in [7, 11) is 0. The van der Waals surface area contributed by atoms with Crippen LogP contribution in [-0.4, -0.2) is 10.1 Å². The SMILES string of the molecule is Cc1c(N)c(N)[nH]c(=O)c1O. The Kier molecular flexibility index (Phi) is 1.48. The third-order valence-corrected chi connectivity index (χ3v) is 1.51. The van der Waals surface area contributed by atoms with E-state index in [4.69, 9.17) is 16.6 Å². The van der Waals surface area contributed by atoms with Gasteiger partial charge >= 0.3 is 0 Å². The van der Waals surface area contributed by atoms with E-state index in [0.717, 1.165) is 0 Å². The van der Waals surface area contributed by atoms with Gasteiger partial charge in [-0.15, -0.1) is 0 Å². The zero-order valence-electron chi connectivity index (χ0n) is 6.01. The lowest BCUT2D eigenvalue weighted by atomic mass is 10.2. The summed E-state index contributed by atoms with van der Waals surface area (Å²) in [6.07, 6.45) is 0. The first-order valence-corrected chi connectivity index (χ1v) is 3.01. The highest BCUT2D eigenvalue weighted by Gasteiger charge is 2.07. The van der Waals surface area contributed by atoms with E-state index in [2.05, 4.69) is 4.98 Å². The molecule has 0 aliphatic heterocycles. The molecule has 0 aromatic carbocycles. The van der Waals surface area contributed by atoms with Crippen LogP contribution in [0.4, 0.5) is 11.5 Å². The molecular formula is C6H9N3O2. The average Bonchev–Trinajstić information content (AvgIpc) is 1.97. The van der Waals surface area contributed by atoms with E-state index in [9.17, 15) is 4.79 Å². The largest absolute Gasteiger partial charge is 0.503 e. The quantitative estimate of drug-likeness (QED) is 0.407. The molecule has 1 rings (SSSR count). The Bertz CT molecular complexity index is 342. The molecule has 0 aliphatic carbocycles. The van der Waals surface area contributed by atoms with Crippen LogP contribution < -0.4 is 17.0 Å². The van der Waals surface area contributed by atoms with Crippen molar-refractivity contribution in [1.82, 2.24) is 4.98 Å². The van der Waals surface area contributed by atoms with Gasteiger partial charge < -0.3 is 21.6 Å². The Hall–Kier alpha value is -1.65. The second-order valence-electron chi connectivity index (χ2n) is 2.26. The summed E-state index contributed by atoms with van der Waals surface area (Å²) in [6, 6.07) is 0. The van der Waals surface area contributed by atoms with Crippen molar-refractivity contribution in [3.63, 3.8) is 0 Å². The number of aromatic nitrogens is 1. The number of rotatable bonds is 0. The number of nitrogen functional groups attached to an aromatic ring is 2. The van der Waals surface area contributed by atoms with Crippen molar-refractivity contribution < 1.29 is 5.11 Å². The average molecular weight is 155 g/mol. The second-order valence-corrected chi connectivity index (χ2v) is 2.26. The fourth-order valence-corrected chi connectivity index (χ4v) is 0.749. The third kappa shape index (κ3) is 1.000. The normalized spacial score (nSPS) is 9.91. The predicted octanol–water partition coefficient (Wildman–Crippen LogP) is -0.447. The molecule has 5 heteroatoms. The Morgan fingerprint density at radius 2 is 2.00 bits per heavy atom. The third-order valence-electron chi connectivity index (χ3n) is 1.51. The Morgan fingerprint density at radius 1 is 1.45 bits per heavy atom. The fraction of sp³-hybridized carbons (Fsp3) is 0.167. The number of hydrogen-bond donors (Lipinski definition) is 4. The van der Waals surface area contributed by atoms with Gasteiger partial charge in [-0.1, -0.05) is 0 Å². The van der Waals surface area contributed by atoms with Crippen LogP contribution in [-0.2, 0) is 0 Å². The second kappa shape index (κ2) is 2.19. The van der Waals surface area contributed by atoms with Crippen molar-refractivity contribution in [3.05, 3.63) is 15.9 Å². The molecule has 1 aromatic heterocycles. The highest BCUT2D eigenvalue weighted by atomic mass is 16.3. The summed E-state index contributed by atoms with van der Waals surface area (Å²) < 4.78 is 0. The number of hydrogen-bond acceptors (Lipinski definition) is 4. The van der Waals surface area contributed by atoms with Gasteiger partial charge in [0.1, 0.15) is 5.82 Å². The molecule has 0 fully saturated rings. The number of anilines is 2. The highest BCUT2D eigenvalue weighted by molar-refractivity contribution is 5.65. The molecule has 0 amide bonds. The molecule has 60 valence electrons. The fourth-order valence-electron chi connectivity index (χ4n) is 0.749. The Morgan fingerprint density at radius 3 is 2.55 bits per heavy atom. The molecule has 11 heavy (non-hydrogen) atoms. The van der Waals surface area contributed by atoms with Gasteiger partial charge in [0.15, 0.2) is 5.75 Å². The van der Waals surface area contributed by atoms with Gasteiger partial charge in [0.2, 0.25) is 0 Å². The number of aromatic amines is 1. The molecule has 0 saturated carbocycles. The van der Waals surface area contributed by atoms with E-state index in [1.165, 1.54) is 6.92 Å². The maximum absolute atomic E-state index is 10.8. The maximum Gasteiger partial charge on any atom is 0.292 e. The van der Waals surface area contributed by atoms with Gasteiger partial charge in [-0.05, 0) is 6.92 Å². The zero-order valence-corrected chi connectivity index (χ0v) is 6.01. The van der Waals surface area contributed by atoms with Gasteiger partial charge in [-0.3, -0.25) is 4.79 Å². The highest BCUT2D eigenvalue weighted by Crippen LogP contribution is 2.20. The lowest BCUT2D eigenvalue weighted by Crippen LogP contribution is -2.12. The summed E-state index contributed by atoms with van der Waals surface area (Å²) in [5.41, 5.74) is 10.6.